The van der Waals surface area contributed by atoms with Crippen LogP contribution in [0.2, 0.25) is 0 Å². The van der Waals surface area contributed by atoms with Crippen molar-refractivity contribution in [1.29, 1.82) is 0 Å². The molecular weight excluding hydrogens is 483 g/mol. The number of aromatic nitrogens is 1. The maximum atomic E-state index is 13.6. The highest BCUT2D eigenvalue weighted by Gasteiger charge is 2.38. The van der Waals surface area contributed by atoms with Crippen LogP contribution in [0.5, 0.6) is 5.75 Å². The Bertz CT molecular complexity index is 1260. The topological polar surface area (TPSA) is 80.6 Å². The van der Waals surface area contributed by atoms with Crippen molar-refractivity contribution in [3.63, 3.8) is 0 Å². The lowest BCUT2D eigenvalue weighted by molar-refractivity contribution is 0.182. The molecule has 1 aliphatic carbocycles. The van der Waals surface area contributed by atoms with Gasteiger partial charge in [0.25, 0.3) is 5.56 Å². The zero-order valence-corrected chi connectivity index (χ0v) is 23.3. The average Bonchev–Trinajstić information content (AvgIpc) is 2.82. The van der Waals surface area contributed by atoms with Crippen LogP contribution in [0.25, 0.3) is 0 Å². The molecule has 0 radical (unpaired) electrons. The summed E-state index contributed by atoms with van der Waals surface area (Å²) in [6.07, 6.45) is 8.49. The van der Waals surface area contributed by atoms with Gasteiger partial charge < -0.3 is 14.4 Å². The number of anilines is 1. The molecule has 1 heterocycles. The molecule has 1 unspecified atom stereocenters. The predicted molar refractivity (Wildman–Crippen MR) is 150 cm³/mol. The van der Waals surface area contributed by atoms with E-state index in [0.29, 0.717) is 25.8 Å². The number of halogens is 1. The molecule has 1 atom stereocenters. The highest BCUT2D eigenvalue weighted by Crippen LogP contribution is 2.44. The van der Waals surface area contributed by atoms with Gasteiger partial charge in [-0.3, -0.25) is 10.1 Å². The third-order valence-corrected chi connectivity index (χ3v) is 7.33. The van der Waals surface area contributed by atoms with Crippen molar-refractivity contribution in [2.24, 2.45) is 11.3 Å². The minimum absolute atomic E-state index is 0.0155. The molecule has 1 amide bonds. The number of nitrogens with one attached hydrogen (secondary N) is 1. The van der Waals surface area contributed by atoms with Crippen molar-refractivity contribution >= 4 is 11.8 Å². The Morgan fingerprint density at radius 1 is 1.24 bits per heavy atom. The number of aliphatic hydroxyl groups is 1. The summed E-state index contributed by atoms with van der Waals surface area (Å²) >= 11 is 0. The Balaban J connectivity index is 1.90. The maximum absolute atomic E-state index is 13.6. The van der Waals surface area contributed by atoms with Crippen molar-refractivity contribution in [3.05, 3.63) is 81.1 Å². The average molecular weight is 525 g/mol. The molecule has 7 heteroatoms. The summed E-state index contributed by atoms with van der Waals surface area (Å²) in [5.41, 5.74) is 4.29. The molecule has 1 aromatic heterocycles. The molecule has 0 saturated carbocycles. The van der Waals surface area contributed by atoms with Crippen LogP contribution in [0.1, 0.15) is 71.6 Å². The highest BCUT2D eigenvalue weighted by atomic mass is 19.1. The number of pyridine rings is 1. The second-order valence-electron chi connectivity index (χ2n) is 11.2. The number of carbonyl (C=O) groups excluding carboxylic acids is 1. The van der Waals surface area contributed by atoms with E-state index in [2.05, 4.69) is 52.1 Å². The van der Waals surface area contributed by atoms with E-state index in [9.17, 15) is 19.1 Å². The third kappa shape index (κ3) is 7.90. The van der Waals surface area contributed by atoms with Crippen molar-refractivity contribution in [3.8, 4) is 5.75 Å². The number of fused-ring (bicyclic) bond motifs is 1. The molecule has 6 nitrogen and oxygen atoms in total. The molecule has 38 heavy (non-hydrogen) atoms. The van der Waals surface area contributed by atoms with Crippen molar-refractivity contribution < 1.29 is 19.0 Å². The number of hydrogen-bond acceptors (Lipinski definition) is 4. The van der Waals surface area contributed by atoms with Gasteiger partial charge in [-0.05, 0) is 88.8 Å². The molecule has 1 aliphatic rings. The number of hydrogen-bond donors (Lipinski definition) is 2. The van der Waals surface area contributed by atoms with Crippen LogP contribution in [0, 0.1) is 17.2 Å². The summed E-state index contributed by atoms with van der Waals surface area (Å²) < 4.78 is 20.9. The van der Waals surface area contributed by atoms with E-state index in [1.54, 1.807) is 10.6 Å². The van der Waals surface area contributed by atoms with E-state index < -0.39 is 11.9 Å². The first-order valence-electron chi connectivity index (χ1n) is 13.4. The lowest BCUT2D eigenvalue weighted by atomic mass is 9.66. The van der Waals surface area contributed by atoms with Gasteiger partial charge >= 0.3 is 6.09 Å². The fourth-order valence-electron chi connectivity index (χ4n) is 5.05. The second-order valence-corrected chi connectivity index (χ2v) is 11.2. The first-order chi connectivity index (χ1) is 18.0. The van der Waals surface area contributed by atoms with Gasteiger partial charge in [-0.25, -0.2) is 9.18 Å². The zero-order chi connectivity index (χ0) is 27.9. The first-order valence-corrected chi connectivity index (χ1v) is 13.4. The second kappa shape index (κ2) is 13.1. The Hall–Kier alpha value is -3.19. The van der Waals surface area contributed by atoms with E-state index in [-0.39, 0.29) is 34.9 Å². The molecule has 0 saturated heterocycles. The van der Waals surface area contributed by atoms with Crippen molar-refractivity contribution in [2.75, 3.05) is 11.9 Å². The van der Waals surface area contributed by atoms with Gasteiger partial charge in [0.1, 0.15) is 11.6 Å². The molecular formula is C31H41FN2O4. The van der Waals surface area contributed by atoms with Crippen LogP contribution in [-0.4, -0.2) is 22.4 Å². The minimum atomic E-state index is -0.776. The molecule has 3 rings (SSSR count). The number of benzene rings is 1. The Labute approximate surface area is 225 Å². The summed E-state index contributed by atoms with van der Waals surface area (Å²) in [6.45, 7) is 11.2. The Morgan fingerprint density at radius 2 is 2.00 bits per heavy atom. The standard InChI is InChI=1S/C31H41FN2O4/c1-21(2)9-6-10-22(3)13-14-23-17-26-27(20-31(23,4)5)34(15-8-16-35)29(36)19-28(26)38-30(37)33-25-12-7-11-24(32)18-25/h7,9,11-13,18-19,23,35H,6,8,10,14-17,20H2,1-5H3,(H,33,37)/b22-13+. The number of allylic oxidation sites excluding steroid dienone is 4. The number of rotatable bonds is 10. The number of nitrogens with zero attached hydrogens (tertiary/aromatic N) is 1. The number of carbonyl (C=O) groups is 1. The highest BCUT2D eigenvalue weighted by molar-refractivity contribution is 5.86. The number of aliphatic hydroxyl groups excluding tert-OH is 1. The van der Waals surface area contributed by atoms with Crippen molar-refractivity contribution in [1.82, 2.24) is 4.57 Å². The quantitative estimate of drug-likeness (QED) is 0.335. The summed E-state index contributed by atoms with van der Waals surface area (Å²) in [5.74, 6) is 0.0515. The van der Waals surface area contributed by atoms with E-state index in [0.717, 1.165) is 30.5 Å². The Kier molecular flexibility index (Phi) is 10.1. The van der Waals surface area contributed by atoms with Gasteiger partial charge in [0.2, 0.25) is 0 Å². The fraction of sp³-hybridized carbons (Fsp3) is 0.484. The molecule has 1 aromatic carbocycles. The fourth-order valence-corrected chi connectivity index (χ4v) is 5.05. The molecule has 0 fully saturated rings. The summed E-state index contributed by atoms with van der Waals surface area (Å²) in [7, 11) is 0. The van der Waals surface area contributed by atoms with E-state index in [1.165, 1.54) is 35.4 Å². The van der Waals surface area contributed by atoms with Crippen LogP contribution in [-0.2, 0) is 19.4 Å². The van der Waals surface area contributed by atoms with Gasteiger partial charge in [-0.1, -0.05) is 43.2 Å². The van der Waals surface area contributed by atoms with Gasteiger partial charge in [0, 0.05) is 36.2 Å². The van der Waals surface area contributed by atoms with Crippen LogP contribution in [0.15, 0.2) is 58.4 Å². The van der Waals surface area contributed by atoms with Gasteiger partial charge in [0.05, 0.1) is 0 Å². The SMILES string of the molecule is CC(C)=CCC/C(C)=C/CC1Cc2c(OC(=O)Nc3cccc(F)c3)cc(=O)n(CCCO)c2CC1(C)C. The molecule has 2 N–H and O–H groups in total. The molecule has 2 aromatic rings. The van der Waals surface area contributed by atoms with Crippen LogP contribution < -0.4 is 15.6 Å². The van der Waals surface area contributed by atoms with E-state index >= 15 is 0 Å². The van der Waals surface area contributed by atoms with Gasteiger partial charge in [0.15, 0.2) is 0 Å². The smallest absolute Gasteiger partial charge is 0.410 e. The van der Waals surface area contributed by atoms with Crippen LogP contribution >= 0.6 is 0 Å². The minimum Gasteiger partial charge on any atom is -0.410 e. The van der Waals surface area contributed by atoms with Gasteiger partial charge in [-0.15, -0.1) is 0 Å². The third-order valence-electron chi connectivity index (χ3n) is 7.33. The van der Waals surface area contributed by atoms with Crippen LogP contribution in [0.4, 0.5) is 14.9 Å². The summed E-state index contributed by atoms with van der Waals surface area (Å²) in [4.78, 5) is 25.8. The predicted octanol–water partition coefficient (Wildman–Crippen LogP) is 6.80. The summed E-state index contributed by atoms with van der Waals surface area (Å²) in [5, 5.41) is 11.9. The van der Waals surface area contributed by atoms with E-state index in [1.807, 2.05) is 0 Å². The molecule has 0 spiro atoms. The van der Waals surface area contributed by atoms with E-state index in [4.69, 9.17) is 4.74 Å². The normalized spacial score (nSPS) is 16.5. The monoisotopic (exact) mass is 524 g/mol. The maximum Gasteiger partial charge on any atom is 0.417 e. The Morgan fingerprint density at radius 3 is 2.68 bits per heavy atom. The number of amides is 1. The molecule has 0 bridgehead atoms. The van der Waals surface area contributed by atoms with Gasteiger partial charge in [-0.2, -0.15) is 0 Å². The first kappa shape index (κ1) is 29.4. The lowest BCUT2D eigenvalue weighted by Gasteiger charge is -2.41. The summed E-state index contributed by atoms with van der Waals surface area (Å²) in [6, 6.07) is 6.92. The number of ether oxygens (including phenoxy) is 1. The largest absolute Gasteiger partial charge is 0.417 e. The lowest BCUT2D eigenvalue weighted by Crippen LogP contribution is -2.38. The van der Waals surface area contributed by atoms with Crippen molar-refractivity contribution in [2.45, 2.75) is 79.7 Å². The molecule has 206 valence electrons. The zero-order valence-electron chi connectivity index (χ0n) is 23.3. The molecule has 0 aliphatic heterocycles. The van der Waals surface area contributed by atoms with Crippen LogP contribution in [0.3, 0.4) is 0 Å².